The quantitative estimate of drug-likeness (QED) is 0.500. The Balaban J connectivity index is 1.37. The molecule has 1 aliphatic carbocycles. The van der Waals surface area contributed by atoms with Crippen molar-refractivity contribution in [2.45, 2.75) is 31.3 Å². The van der Waals surface area contributed by atoms with Crippen molar-refractivity contribution >= 4 is 29.6 Å². The molecule has 4 rings (SSSR count). The van der Waals surface area contributed by atoms with Crippen LogP contribution in [-0.2, 0) is 22.4 Å². The van der Waals surface area contributed by atoms with Crippen molar-refractivity contribution < 1.29 is 9.59 Å². The minimum atomic E-state index is -0.699. The van der Waals surface area contributed by atoms with Crippen molar-refractivity contribution in [1.29, 1.82) is 0 Å². The Morgan fingerprint density at radius 3 is 2.64 bits per heavy atom. The summed E-state index contributed by atoms with van der Waals surface area (Å²) in [7, 11) is 0. The average molecular weight is 463 g/mol. The number of halogens is 1. The van der Waals surface area contributed by atoms with Crippen LogP contribution >= 0.6 is 11.6 Å². The minimum absolute atomic E-state index is 0.0303. The third kappa shape index (κ3) is 6.33. The highest BCUT2D eigenvalue weighted by atomic mass is 35.5. The monoisotopic (exact) mass is 462 g/mol. The number of aryl methyl sites for hydroxylation is 1. The van der Waals surface area contributed by atoms with Gasteiger partial charge < -0.3 is 16.1 Å². The maximum Gasteiger partial charge on any atom is 0.251 e. The van der Waals surface area contributed by atoms with Crippen LogP contribution in [-0.4, -0.2) is 36.7 Å². The second-order valence-electron chi connectivity index (χ2n) is 8.23. The second-order valence-corrected chi connectivity index (χ2v) is 8.66. The van der Waals surface area contributed by atoms with Gasteiger partial charge in [-0.25, -0.2) is 0 Å². The number of hydrazone groups is 1. The summed E-state index contributed by atoms with van der Waals surface area (Å²) >= 11 is 6.00. The van der Waals surface area contributed by atoms with Gasteiger partial charge in [-0.2, -0.15) is 5.10 Å². The summed E-state index contributed by atoms with van der Waals surface area (Å²) in [5.74, 6) is -0.330. The van der Waals surface area contributed by atoms with Crippen molar-refractivity contribution in [3.8, 4) is 0 Å². The van der Waals surface area contributed by atoms with E-state index in [9.17, 15) is 9.59 Å². The molecule has 170 valence electrons. The highest BCUT2D eigenvalue weighted by Gasteiger charge is 2.27. The van der Waals surface area contributed by atoms with Crippen LogP contribution in [0.4, 0.5) is 0 Å². The molecule has 0 radical (unpaired) electrons. The minimum Gasteiger partial charge on any atom is -0.354 e. The number of fused-ring (bicyclic) bond motifs is 1. The van der Waals surface area contributed by atoms with Gasteiger partial charge in [0.25, 0.3) is 5.91 Å². The number of carbonyl (C=O) groups is 2. The Hall–Kier alpha value is -3.38. The maximum absolute atomic E-state index is 13.0. The molecule has 2 amide bonds. The van der Waals surface area contributed by atoms with Crippen LogP contribution in [0.3, 0.4) is 0 Å². The van der Waals surface area contributed by atoms with Gasteiger partial charge in [-0.3, -0.25) is 9.59 Å². The Labute approximate surface area is 198 Å². The normalized spacial score (nSPS) is 19.2. The molecule has 0 bridgehead atoms. The first-order valence-electron chi connectivity index (χ1n) is 11.1. The lowest BCUT2D eigenvalue weighted by Crippen LogP contribution is -2.48. The molecule has 0 saturated heterocycles. The van der Waals surface area contributed by atoms with Crippen molar-refractivity contribution in [1.82, 2.24) is 16.1 Å². The highest BCUT2D eigenvalue weighted by Crippen LogP contribution is 2.19. The lowest BCUT2D eigenvalue weighted by atomic mass is 9.93. The van der Waals surface area contributed by atoms with Crippen LogP contribution in [0.5, 0.6) is 0 Å². The predicted molar refractivity (Wildman–Crippen MR) is 131 cm³/mol. The molecule has 2 unspecified atom stereocenters. The van der Waals surface area contributed by atoms with E-state index >= 15 is 0 Å². The van der Waals surface area contributed by atoms with Crippen LogP contribution in [0, 0.1) is 5.92 Å². The molecule has 0 aromatic heterocycles. The van der Waals surface area contributed by atoms with Gasteiger partial charge in [0.05, 0.1) is 6.04 Å². The summed E-state index contributed by atoms with van der Waals surface area (Å²) in [6, 6.07) is 16.7. The first-order chi connectivity index (χ1) is 16.1. The van der Waals surface area contributed by atoms with Gasteiger partial charge >= 0.3 is 0 Å². The molecular formula is C26H27ClN4O2. The second kappa shape index (κ2) is 11.0. The third-order valence-corrected chi connectivity index (χ3v) is 6.02. The molecule has 3 N–H and O–H groups in total. The van der Waals surface area contributed by atoms with E-state index in [-0.39, 0.29) is 23.8 Å². The van der Waals surface area contributed by atoms with Crippen LogP contribution in [0.15, 0.2) is 83.5 Å². The number of hydrogen-bond acceptors (Lipinski definition) is 4. The Morgan fingerprint density at radius 2 is 1.85 bits per heavy atom. The number of hydrogen-bond donors (Lipinski definition) is 3. The zero-order valence-electron chi connectivity index (χ0n) is 18.2. The molecule has 2 aromatic rings. The van der Waals surface area contributed by atoms with E-state index in [1.807, 2.05) is 48.7 Å². The Morgan fingerprint density at radius 1 is 1.06 bits per heavy atom. The van der Waals surface area contributed by atoms with Crippen LogP contribution < -0.4 is 16.1 Å². The van der Waals surface area contributed by atoms with Gasteiger partial charge in [-0.1, -0.05) is 66.2 Å². The smallest absolute Gasteiger partial charge is 0.251 e. The first-order valence-corrected chi connectivity index (χ1v) is 11.5. The van der Waals surface area contributed by atoms with Crippen LogP contribution in [0.25, 0.3) is 0 Å². The van der Waals surface area contributed by atoms with Crippen molar-refractivity contribution in [3.05, 3.63) is 94.5 Å². The maximum atomic E-state index is 13.0. The molecule has 0 saturated carbocycles. The molecular weight excluding hydrogens is 436 g/mol. The SMILES string of the molecule is O=C(N[C@@H](Cc1ccc(Cl)cc1)C(=O)NCCCc1ccccc1)C1=CC2NN=CC2C=C1. The van der Waals surface area contributed by atoms with Crippen LogP contribution in [0.2, 0.25) is 5.02 Å². The van der Waals surface area contributed by atoms with E-state index in [1.54, 1.807) is 18.2 Å². The summed E-state index contributed by atoms with van der Waals surface area (Å²) in [6.07, 6.45) is 9.47. The van der Waals surface area contributed by atoms with E-state index in [2.05, 4.69) is 33.3 Å². The molecule has 7 heteroatoms. The summed E-state index contributed by atoms with van der Waals surface area (Å²) in [5, 5.41) is 10.6. The lowest BCUT2D eigenvalue weighted by molar-refractivity contribution is -0.127. The third-order valence-electron chi connectivity index (χ3n) is 5.76. The van der Waals surface area contributed by atoms with Gasteiger partial charge in [0.1, 0.15) is 6.04 Å². The predicted octanol–water partition coefficient (Wildman–Crippen LogP) is 3.19. The number of nitrogens with one attached hydrogen (secondary N) is 3. The molecule has 2 aromatic carbocycles. The summed E-state index contributed by atoms with van der Waals surface area (Å²) in [6.45, 7) is 0.536. The molecule has 6 nitrogen and oxygen atoms in total. The molecule has 33 heavy (non-hydrogen) atoms. The number of carbonyl (C=O) groups excluding carboxylic acids is 2. The van der Waals surface area contributed by atoms with E-state index in [1.165, 1.54) is 5.56 Å². The van der Waals surface area contributed by atoms with Gasteiger partial charge in [0.2, 0.25) is 5.91 Å². The molecule has 1 aliphatic heterocycles. The average Bonchev–Trinajstić information content (AvgIpc) is 3.31. The number of amides is 2. The van der Waals surface area contributed by atoms with Crippen LogP contribution in [0.1, 0.15) is 17.5 Å². The fourth-order valence-electron chi connectivity index (χ4n) is 3.91. The zero-order valence-corrected chi connectivity index (χ0v) is 19.0. The van der Waals surface area contributed by atoms with E-state index in [0.717, 1.165) is 18.4 Å². The zero-order chi connectivity index (χ0) is 23.0. The van der Waals surface area contributed by atoms with Gasteiger partial charge in [0, 0.05) is 35.7 Å². The molecule has 1 heterocycles. The molecule has 3 atom stereocenters. The molecule has 2 aliphatic rings. The van der Waals surface area contributed by atoms with Gasteiger partial charge in [-0.05, 0) is 42.2 Å². The van der Waals surface area contributed by atoms with Crippen molar-refractivity contribution in [3.63, 3.8) is 0 Å². The molecule has 0 fully saturated rings. The Kier molecular flexibility index (Phi) is 7.58. The van der Waals surface area contributed by atoms with Crippen molar-refractivity contribution in [2.24, 2.45) is 11.0 Å². The topological polar surface area (TPSA) is 82.6 Å². The number of nitrogens with zero attached hydrogens (tertiary/aromatic N) is 1. The summed E-state index contributed by atoms with van der Waals surface area (Å²) in [5.41, 5.74) is 5.66. The van der Waals surface area contributed by atoms with Gasteiger partial charge in [-0.15, -0.1) is 0 Å². The van der Waals surface area contributed by atoms with Gasteiger partial charge in [0.15, 0.2) is 0 Å². The lowest BCUT2D eigenvalue weighted by Gasteiger charge is -2.21. The summed E-state index contributed by atoms with van der Waals surface area (Å²) < 4.78 is 0. The highest BCUT2D eigenvalue weighted by molar-refractivity contribution is 6.30. The van der Waals surface area contributed by atoms with E-state index in [4.69, 9.17) is 11.6 Å². The number of rotatable bonds is 9. The fourth-order valence-corrected chi connectivity index (χ4v) is 4.03. The fraction of sp³-hybridized carbons (Fsp3) is 0.269. The molecule has 0 spiro atoms. The standard InChI is InChI=1S/C26H27ClN4O2/c27-22-12-8-19(9-13-22)15-24(26(33)28-14-4-7-18-5-2-1-3-6-18)30-25(32)20-10-11-21-17-29-31-23(21)16-20/h1-3,5-6,8-13,16-17,21,23-24,31H,4,7,14-15H2,(H,28,33)(H,30,32)/t21?,23?,24-/m0/s1. The van der Waals surface area contributed by atoms with E-state index < -0.39 is 6.04 Å². The first kappa shape index (κ1) is 22.8. The Bertz CT molecular complexity index is 1060. The van der Waals surface area contributed by atoms with Crippen molar-refractivity contribution in [2.75, 3.05) is 6.54 Å². The largest absolute Gasteiger partial charge is 0.354 e. The van der Waals surface area contributed by atoms with E-state index in [0.29, 0.717) is 23.6 Å². The number of benzene rings is 2. The summed E-state index contributed by atoms with van der Waals surface area (Å²) in [4.78, 5) is 26.0.